The lowest BCUT2D eigenvalue weighted by atomic mass is 10.2. The molecular weight excluding hydrogens is 447 g/mol. The monoisotopic (exact) mass is 472 g/mol. The number of guanidine groups is 1. The Bertz CT molecular complexity index is 721. The van der Waals surface area contributed by atoms with Crippen molar-refractivity contribution in [3.05, 3.63) is 42.1 Å². The molecule has 0 aliphatic carbocycles. The predicted molar refractivity (Wildman–Crippen MR) is 114 cm³/mol. The minimum absolute atomic E-state index is 0. The van der Waals surface area contributed by atoms with E-state index in [9.17, 15) is 0 Å². The summed E-state index contributed by atoms with van der Waals surface area (Å²) in [6, 6.07) is 9.16. The van der Waals surface area contributed by atoms with Crippen molar-refractivity contribution >= 4 is 35.6 Å². The SMILES string of the molecule is COc1ccc(NC(N)=NCc2ccc(OC(C)C)nc2)cc1OC.I. The van der Waals surface area contributed by atoms with Gasteiger partial charge in [-0.2, -0.15) is 0 Å². The maximum absolute atomic E-state index is 5.93. The van der Waals surface area contributed by atoms with E-state index in [1.54, 1.807) is 32.5 Å². The molecule has 0 aliphatic rings. The highest BCUT2D eigenvalue weighted by molar-refractivity contribution is 14.0. The van der Waals surface area contributed by atoms with Crippen molar-refractivity contribution in [2.45, 2.75) is 26.5 Å². The summed E-state index contributed by atoms with van der Waals surface area (Å²) in [5, 5.41) is 3.02. The van der Waals surface area contributed by atoms with Crippen LogP contribution in [0.5, 0.6) is 17.4 Å². The van der Waals surface area contributed by atoms with E-state index in [1.807, 2.05) is 32.0 Å². The van der Waals surface area contributed by atoms with Crippen molar-refractivity contribution in [1.29, 1.82) is 0 Å². The van der Waals surface area contributed by atoms with Crippen molar-refractivity contribution in [3.63, 3.8) is 0 Å². The molecule has 142 valence electrons. The van der Waals surface area contributed by atoms with Gasteiger partial charge < -0.3 is 25.3 Å². The molecule has 0 atom stereocenters. The molecule has 0 saturated heterocycles. The Morgan fingerprint density at radius 3 is 2.46 bits per heavy atom. The van der Waals surface area contributed by atoms with Gasteiger partial charge in [0.05, 0.1) is 26.9 Å². The van der Waals surface area contributed by atoms with Gasteiger partial charge in [0.25, 0.3) is 0 Å². The summed E-state index contributed by atoms with van der Waals surface area (Å²) in [6.07, 6.45) is 1.82. The molecule has 0 bridgehead atoms. The molecule has 2 aromatic rings. The average Bonchev–Trinajstić information content (AvgIpc) is 2.60. The molecule has 0 fully saturated rings. The fraction of sp³-hybridized carbons (Fsp3) is 0.333. The Morgan fingerprint density at radius 1 is 1.15 bits per heavy atom. The lowest BCUT2D eigenvalue weighted by Crippen LogP contribution is -2.22. The van der Waals surface area contributed by atoms with Crippen LogP contribution < -0.4 is 25.3 Å². The highest BCUT2D eigenvalue weighted by Crippen LogP contribution is 2.29. The maximum atomic E-state index is 5.93. The standard InChI is InChI=1S/C18H24N4O3.HI/c1-12(2)25-17-8-5-13(10-20-17)11-21-18(19)22-14-6-7-15(23-3)16(9-14)24-4;/h5-10,12H,11H2,1-4H3,(H3,19,21,22);1H. The zero-order valence-corrected chi connectivity index (χ0v) is 17.7. The highest BCUT2D eigenvalue weighted by Gasteiger charge is 2.05. The zero-order valence-electron chi connectivity index (χ0n) is 15.4. The predicted octanol–water partition coefficient (Wildman–Crippen LogP) is 3.43. The van der Waals surface area contributed by atoms with Gasteiger partial charge in [-0.1, -0.05) is 6.07 Å². The topological polar surface area (TPSA) is 91.0 Å². The highest BCUT2D eigenvalue weighted by atomic mass is 127. The Kier molecular flexibility index (Phi) is 8.97. The summed E-state index contributed by atoms with van der Waals surface area (Å²) in [4.78, 5) is 8.55. The Labute approximate surface area is 171 Å². The van der Waals surface area contributed by atoms with E-state index in [-0.39, 0.29) is 30.1 Å². The number of pyridine rings is 1. The average molecular weight is 472 g/mol. The Morgan fingerprint density at radius 2 is 1.88 bits per heavy atom. The summed E-state index contributed by atoms with van der Waals surface area (Å²) in [5.74, 6) is 2.16. The van der Waals surface area contributed by atoms with Crippen LogP contribution in [0.3, 0.4) is 0 Å². The minimum Gasteiger partial charge on any atom is -0.493 e. The van der Waals surface area contributed by atoms with Crippen LogP contribution in [0.1, 0.15) is 19.4 Å². The molecule has 1 aromatic heterocycles. The van der Waals surface area contributed by atoms with E-state index in [4.69, 9.17) is 19.9 Å². The maximum Gasteiger partial charge on any atom is 0.213 e. The van der Waals surface area contributed by atoms with Crippen LogP contribution in [0.15, 0.2) is 41.5 Å². The van der Waals surface area contributed by atoms with E-state index in [1.165, 1.54) is 0 Å². The lowest BCUT2D eigenvalue weighted by molar-refractivity contribution is 0.232. The number of benzene rings is 1. The van der Waals surface area contributed by atoms with Crippen LogP contribution in [-0.4, -0.2) is 31.3 Å². The lowest BCUT2D eigenvalue weighted by Gasteiger charge is -2.11. The molecule has 2 rings (SSSR count). The van der Waals surface area contributed by atoms with Crippen LogP contribution in [0, 0.1) is 0 Å². The van der Waals surface area contributed by atoms with Gasteiger partial charge in [-0.05, 0) is 31.5 Å². The van der Waals surface area contributed by atoms with E-state index in [0.29, 0.717) is 29.9 Å². The quantitative estimate of drug-likeness (QED) is 0.365. The van der Waals surface area contributed by atoms with Gasteiger partial charge >= 0.3 is 0 Å². The van der Waals surface area contributed by atoms with E-state index >= 15 is 0 Å². The number of ether oxygens (including phenoxy) is 3. The molecule has 0 spiro atoms. The van der Waals surface area contributed by atoms with Crippen LogP contribution >= 0.6 is 24.0 Å². The third-order valence-electron chi connectivity index (χ3n) is 3.24. The van der Waals surface area contributed by atoms with Gasteiger partial charge in [-0.15, -0.1) is 24.0 Å². The molecule has 0 unspecified atom stereocenters. The molecule has 0 saturated carbocycles. The molecule has 7 nitrogen and oxygen atoms in total. The summed E-state index contributed by atoms with van der Waals surface area (Å²) in [6.45, 7) is 4.34. The summed E-state index contributed by atoms with van der Waals surface area (Å²) >= 11 is 0. The van der Waals surface area contributed by atoms with E-state index in [0.717, 1.165) is 11.3 Å². The van der Waals surface area contributed by atoms with E-state index in [2.05, 4.69) is 15.3 Å². The summed E-state index contributed by atoms with van der Waals surface area (Å²) < 4.78 is 16.0. The number of aliphatic imine (C=N–C) groups is 1. The minimum atomic E-state index is 0. The Hall–Kier alpha value is -2.23. The van der Waals surface area contributed by atoms with Crippen molar-refractivity contribution in [2.24, 2.45) is 10.7 Å². The zero-order chi connectivity index (χ0) is 18.2. The van der Waals surface area contributed by atoms with Gasteiger partial charge in [-0.3, -0.25) is 0 Å². The second-order valence-corrected chi connectivity index (χ2v) is 5.57. The number of hydrogen-bond donors (Lipinski definition) is 2. The number of halogens is 1. The Balaban J connectivity index is 0.00000338. The first kappa shape index (κ1) is 21.8. The summed E-state index contributed by atoms with van der Waals surface area (Å²) in [7, 11) is 3.17. The largest absolute Gasteiger partial charge is 0.493 e. The molecule has 1 aromatic carbocycles. The van der Waals surface area contributed by atoms with Gasteiger partial charge in [0, 0.05) is 24.0 Å². The smallest absolute Gasteiger partial charge is 0.213 e. The first-order chi connectivity index (χ1) is 12.0. The molecule has 0 amide bonds. The molecule has 26 heavy (non-hydrogen) atoms. The van der Waals surface area contributed by atoms with Crippen molar-refractivity contribution in [2.75, 3.05) is 19.5 Å². The number of nitrogens with zero attached hydrogens (tertiary/aromatic N) is 2. The van der Waals surface area contributed by atoms with Crippen LogP contribution in [0.4, 0.5) is 5.69 Å². The molecular formula is C18H25IN4O3. The fourth-order valence-corrected chi connectivity index (χ4v) is 2.09. The molecule has 3 N–H and O–H groups in total. The number of nitrogens with one attached hydrogen (secondary N) is 1. The van der Waals surface area contributed by atoms with Gasteiger partial charge in [-0.25, -0.2) is 9.98 Å². The van der Waals surface area contributed by atoms with Crippen LogP contribution in [-0.2, 0) is 6.54 Å². The normalized spacial score (nSPS) is 10.9. The van der Waals surface area contributed by atoms with Crippen molar-refractivity contribution in [3.8, 4) is 17.4 Å². The fourth-order valence-electron chi connectivity index (χ4n) is 2.09. The van der Waals surface area contributed by atoms with Crippen molar-refractivity contribution < 1.29 is 14.2 Å². The number of methoxy groups -OCH3 is 2. The van der Waals surface area contributed by atoms with Gasteiger partial charge in [0.15, 0.2) is 17.5 Å². The first-order valence-electron chi connectivity index (χ1n) is 7.92. The number of nitrogens with two attached hydrogens (primary N) is 1. The second kappa shape index (κ2) is 10.7. The van der Waals surface area contributed by atoms with Crippen LogP contribution in [0.2, 0.25) is 0 Å². The number of anilines is 1. The molecule has 8 heteroatoms. The summed E-state index contributed by atoms with van der Waals surface area (Å²) in [5.41, 5.74) is 7.63. The third kappa shape index (κ3) is 6.58. The second-order valence-electron chi connectivity index (χ2n) is 5.57. The number of aromatic nitrogens is 1. The molecule has 0 aliphatic heterocycles. The third-order valence-corrected chi connectivity index (χ3v) is 3.24. The molecule has 1 heterocycles. The van der Waals surface area contributed by atoms with Gasteiger partial charge in [0.2, 0.25) is 5.88 Å². The van der Waals surface area contributed by atoms with Crippen LogP contribution in [0.25, 0.3) is 0 Å². The van der Waals surface area contributed by atoms with Crippen molar-refractivity contribution in [1.82, 2.24) is 4.98 Å². The molecule has 0 radical (unpaired) electrons. The first-order valence-corrected chi connectivity index (χ1v) is 7.92. The number of hydrogen-bond acceptors (Lipinski definition) is 5. The number of rotatable bonds is 7. The van der Waals surface area contributed by atoms with Gasteiger partial charge in [0.1, 0.15) is 0 Å². The van der Waals surface area contributed by atoms with E-state index < -0.39 is 0 Å².